The Hall–Kier alpha value is -3.39. The molecule has 0 saturated carbocycles. The fraction of sp³-hybridized carbons (Fsp3) is 0.280. The molecule has 1 amide bonds. The number of amides is 1. The number of benzene rings is 2. The number of aromatic nitrogens is 2. The van der Waals surface area contributed by atoms with E-state index in [2.05, 4.69) is 19.2 Å². The predicted octanol–water partition coefficient (Wildman–Crippen LogP) is 4.80. The van der Waals surface area contributed by atoms with Crippen molar-refractivity contribution in [2.45, 2.75) is 44.6 Å². The molecule has 2 aromatic carbocycles. The van der Waals surface area contributed by atoms with Crippen LogP contribution in [-0.2, 0) is 17.1 Å². The fourth-order valence-corrected chi connectivity index (χ4v) is 4.63. The summed E-state index contributed by atoms with van der Waals surface area (Å²) in [7, 11) is 0. The van der Waals surface area contributed by atoms with E-state index in [9.17, 15) is 14.4 Å². The van der Waals surface area contributed by atoms with Crippen molar-refractivity contribution in [3.63, 3.8) is 0 Å². The molecule has 0 radical (unpaired) electrons. The molecular weight excluding hydrogens is 438 g/mol. The molecule has 4 rings (SSSR count). The number of rotatable bonds is 7. The van der Waals surface area contributed by atoms with E-state index >= 15 is 0 Å². The van der Waals surface area contributed by atoms with Crippen LogP contribution in [0.25, 0.3) is 21.9 Å². The molecule has 0 aliphatic rings. The van der Waals surface area contributed by atoms with Crippen LogP contribution in [0.5, 0.6) is 0 Å². The molecule has 0 bridgehead atoms. The molecule has 4 aromatic rings. The SMILES string of the molecule is CC(=O)Nc1ccc2c(CSc3nc4ccccc4c(=O)n3CCC(C)C)cc(=O)oc2c1. The monoisotopic (exact) mass is 463 g/mol. The van der Waals surface area contributed by atoms with Crippen LogP contribution < -0.4 is 16.5 Å². The number of carbonyl (C=O) groups is 1. The topological polar surface area (TPSA) is 94.2 Å². The first kappa shape index (κ1) is 22.8. The van der Waals surface area contributed by atoms with E-state index in [-0.39, 0.29) is 11.5 Å². The molecule has 7 nitrogen and oxygen atoms in total. The van der Waals surface area contributed by atoms with Gasteiger partial charge in [0.25, 0.3) is 5.56 Å². The Labute approximate surface area is 194 Å². The van der Waals surface area contributed by atoms with Crippen LogP contribution in [0.3, 0.4) is 0 Å². The third kappa shape index (κ3) is 5.17. The van der Waals surface area contributed by atoms with Crippen LogP contribution in [0.4, 0.5) is 5.69 Å². The second kappa shape index (κ2) is 9.62. The van der Waals surface area contributed by atoms with E-state index in [1.54, 1.807) is 22.8 Å². The van der Waals surface area contributed by atoms with Gasteiger partial charge in [-0.2, -0.15) is 0 Å². The summed E-state index contributed by atoms with van der Waals surface area (Å²) in [6.45, 7) is 6.24. The lowest BCUT2D eigenvalue weighted by atomic mass is 10.1. The van der Waals surface area contributed by atoms with E-state index in [0.717, 1.165) is 17.4 Å². The van der Waals surface area contributed by atoms with Crippen molar-refractivity contribution >= 4 is 45.2 Å². The quantitative estimate of drug-likeness (QED) is 0.240. The molecule has 170 valence electrons. The van der Waals surface area contributed by atoms with E-state index in [4.69, 9.17) is 9.40 Å². The van der Waals surface area contributed by atoms with E-state index < -0.39 is 5.63 Å². The number of anilines is 1. The number of para-hydroxylation sites is 1. The number of fused-ring (bicyclic) bond motifs is 2. The second-order valence-corrected chi connectivity index (χ2v) is 9.26. The van der Waals surface area contributed by atoms with Gasteiger partial charge in [0.05, 0.1) is 10.9 Å². The summed E-state index contributed by atoms with van der Waals surface area (Å²) in [5.41, 5.74) is 1.86. The summed E-state index contributed by atoms with van der Waals surface area (Å²) >= 11 is 1.42. The normalized spacial score (nSPS) is 11.4. The third-order valence-corrected chi connectivity index (χ3v) is 6.29. The first-order valence-electron chi connectivity index (χ1n) is 10.8. The van der Waals surface area contributed by atoms with Gasteiger partial charge < -0.3 is 9.73 Å². The average Bonchev–Trinajstić information content (AvgIpc) is 2.76. The summed E-state index contributed by atoms with van der Waals surface area (Å²) in [5, 5.41) is 4.68. The molecular formula is C25H25N3O4S. The summed E-state index contributed by atoms with van der Waals surface area (Å²) in [4.78, 5) is 41.5. The van der Waals surface area contributed by atoms with Crippen LogP contribution in [0.1, 0.15) is 32.8 Å². The zero-order valence-electron chi connectivity index (χ0n) is 18.8. The van der Waals surface area contributed by atoms with Gasteiger partial charge in [0.1, 0.15) is 5.58 Å². The maximum Gasteiger partial charge on any atom is 0.336 e. The number of thioether (sulfide) groups is 1. The molecule has 0 spiro atoms. The van der Waals surface area contributed by atoms with Gasteiger partial charge in [-0.05, 0) is 42.2 Å². The van der Waals surface area contributed by atoms with Gasteiger partial charge in [-0.25, -0.2) is 9.78 Å². The summed E-state index contributed by atoms with van der Waals surface area (Å²) < 4.78 is 7.09. The van der Waals surface area contributed by atoms with Crippen LogP contribution in [0.2, 0.25) is 0 Å². The number of nitrogens with one attached hydrogen (secondary N) is 1. The molecule has 2 aromatic heterocycles. The summed E-state index contributed by atoms with van der Waals surface area (Å²) in [5.74, 6) is 0.681. The third-order valence-electron chi connectivity index (χ3n) is 5.26. The Kier molecular flexibility index (Phi) is 6.65. The Bertz CT molecular complexity index is 1460. The molecule has 0 saturated heterocycles. The van der Waals surface area contributed by atoms with Crippen molar-refractivity contribution in [3.05, 3.63) is 74.9 Å². The van der Waals surface area contributed by atoms with Crippen molar-refractivity contribution in [1.82, 2.24) is 9.55 Å². The number of hydrogen-bond acceptors (Lipinski definition) is 6. The van der Waals surface area contributed by atoms with Crippen molar-refractivity contribution in [3.8, 4) is 0 Å². The second-order valence-electron chi connectivity index (χ2n) is 8.32. The van der Waals surface area contributed by atoms with Gasteiger partial charge >= 0.3 is 5.63 Å². The van der Waals surface area contributed by atoms with Gasteiger partial charge in [0, 0.05) is 42.4 Å². The first-order valence-corrected chi connectivity index (χ1v) is 11.8. The van der Waals surface area contributed by atoms with E-state index in [1.807, 2.05) is 24.3 Å². The van der Waals surface area contributed by atoms with Crippen LogP contribution >= 0.6 is 11.8 Å². The number of hydrogen-bond donors (Lipinski definition) is 1. The smallest absolute Gasteiger partial charge is 0.336 e. The zero-order valence-corrected chi connectivity index (χ0v) is 19.6. The Balaban J connectivity index is 1.72. The van der Waals surface area contributed by atoms with Gasteiger partial charge in [-0.3, -0.25) is 14.2 Å². The molecule has 8 heteroatoms. The molecule has 33 heavy (non-hydrogen) atoms. The maximum atomic E-state index is 13.2. The largest absolute Gasteiger partial charge is 0.423 e. The Morgan fingerprint density at radius 1 is 1.12 bits per heavy atom. The minimum Gasteiger partial charge on any atom is -0.423 e. The van der Waals surface area contributed by atoms with Crippen LogP contribution in [0, 0.1) is 5.92 Å². The molecule has 0 aliphatic heterocycles. The minimum absolute atomic E-state index is 0.0545. The fourth-order valence-electron chi connectivity index (χ4n) is 3.61. The standard InChI is InChI=1S/C25H25N3O4S/c1-15(2)10-11-28-24(31)20-6-4-5-7-21(20)27-25(28)33-14-17-12-23(30)32-22-13-18(26-16(3)29)8-9-19(17)22/h4-9,12-13,15H,10-11,14H2,1-3H3,(H,26,29). The first-order chi connectivity index (χ1) is 15.8. The summed E-state index contributed by atoms with van der Waals surface area (Å²) in [6, 6.07) is 14.0. The predicted molar refractivity (Wildman–Crippen MR) is 132 cm³/mol. The van der Waals surface area contributed by atoms with Gasteiger partial charge in [0.15, 0.2) is 5.16 Å². The van der Waals surface area contributed by atoms with E-state index in [1.165, 1.54) is 24.8 Å². The van der Waals surface area contributed by atoms with E-state index in [0.29, 0.717) is 45.5 Å². The molecule has 0 fully saturated rings. The molecule has 0 unspecified atom stereocenters. The molecule has 2 heterocycles. The number of nitrogens with zero attached hydrogens (tertiary/aromatic N) is 2. The highest BCUT2D eigenvalue weighted by atomic mass is 32.2. The average molecular weight is 464 g/mol. The van der Waals surface area contributed by atoms with Crippen molar-refractivity contribution in [2.75, 3.05) is 5.32 Å². The zero-order chi connectivity index (χ0) is 23.5. The lowest BCUT2D eigenvalue weighted by Crippen LogP contribution is -2.24. The Morgan fingerprint density at radius 3 is 2.67 bits per heavy atom. The lowest BCUT2D eigenvalue weighted by molar-refractivity contribution is -0.114. The highest BCUT2D eigenvalue weighted by Gasteiger charge is 2.14. The number of carbonyl (C=O) groups excluding carboxylic acids is 1. The van der Waals surface area contributed by atoms with Crippen molar-refractivity contribution < 1.29 is 9.21 Å². The highest BCUT2D eigenvalue weighted by Crippen LogP contribution is 2.28. The highest BCUT2D eigenvalue weighted by molar-refractivity contribution is 7.98. The van der Waals surface area contributed by atoms with Gasteiger partial charge in [-0.15, -0.1) is 0 Å². The van der Waals surface area contributed by atoms with Crippen molar-refractivity contribution in [2.24, 2.45) is 5.92 Å². The summed E-state index contributed by atoms with van der Waals surface area (Å²) in [6.07, 6.45) is 0.858. The lowest BCUT2D eigenvalue weighted by Gasteiger charge is -2.14. The Morgan fingerprint density at radius 2 is 1.91 bits per heavy atom. The molecule has 0 atom stereocenters. The maximum absolute atomic E-state index is 13.2. The van der Waals surface area contributed by atoms with Crippen LogP contribution in [-0.4, -0.2) is 15.5 Å². The minimum atomic E-state index is -0.471. The van der Waals surface area contributed by atoms with Gasteiger partial charge in [0.2, 0.25) is 5.91 Å². The molecule has 0 aliphatic carbocycles. The van der Waals surface area contributed by atoms with Gasteiger partial charge in [-0.1, -0.05) is 37.7 Å². The van der Waals surface area contributed by atoms with Crippen molar-refractivity contribution in [1.29, 1.82) is 0 Å². The molecule has 1 N–H and O–H groups in total. The van der Waals surface area contributed by atoms with Crippen LogP contribution in [0.15, 0.2) is 67.7 Å².